The van der Waals surface area contributed by atoms with Gasteiger partial charge in [-0.3, -0.25) is 0 Å². The second-order valence-electron chi connectivity index (χ2n) is 4.21. The number of nitrogens with one attached hydrogen (secondary N) is 1. The summed E-state index contributed by atoms with van der Waals surface area (Å²) in [5.41, 5.74) is 0. The monoisotopic (exact) mass is 296 g/mol. The third kappa shape index (κ3) is 5.46. The van der Waals surface area contributed by atoms with Gasteiger partial charge in [-0.15, -0.1) is 11.3 Å². The third-order valence-electron chi connectivity index (χ3n) is 2.59. The summed E-state index contributed by atoms with van der Waals surface area (Å²) in [6.45, 7) is 3.40. The highest BCUT2D eigenvalue weighted by atomic mass is 32.1. The molecule has 1 heterocycles. The molecule has 110 valence electrons. The lowest BCUT2D eigenvalue weighted by Gasteiger charge is -2.16. The van der Waals surface area contributed by atoms with Crippen LogP contribution in [0.4, 0.5) is 13.2 Å². The van der Waals surface area contributed by atoms with Crippen molar-refractivity contribution in [2.24, 2.45) is 0 Å². The summed E-state index contributed by atoms with van der Waals surface area (Å²) in [5.74, 6) is 0. The van der Waals surface area contributed by atoms with Gasteiger partial charge in [-0.1, -0.05) is 6.92 Å². The number of aromatic nitrogens is 1. The van der Waals surface area contributed by atoms with E-state index in [1.807, 2.05) is 6.92 Å². The number of methoxy groups -OCH3 is 1. The second-order valence-corrected chi connectivity index (χ2v) is 5.27. The van der Waals surface area contributed by atoms with Crippen molar-refractivity contribution in [3.8, 4) is 0 Å². The van der Waals surface area contributed by atoms with Crippen LogP contribution in [0.25, 0.3) is 0 Å². The lowest BCUT2D eigenvalue weighted by atomic mass is 10.1. The lowest BCUT2D eigenvalue weighted by molar-refractivity contribution is -0.137. The maximum Gasteiger partial charge on any atom is 0.443 e. The Labute approximate surface area is 115 Å². The van der Waals surface area contributed by atoms with Crippen LogP contribution in [0.15, 0.2) is 6.20 Å². The minimum Gasteiger partial charge on any atom is -0.385 e. The van der Waals surface area contributed by atoms with Crippen molar-refractivity contribution < 1.29 is 17.9 Å². The van der Waals surface area contributed by atoms with Crippen molar-refractivity contribution >= 4 is 11.3 Å². The first-order valence-corrected chi connectivity index (χ1v) is 7.06. The van der Waals surface area contributed by atoms with Crippen LogP contribution in [-0.2, 0) is 10.9 Å². The number of hydrogen-bond acceptors (Lipinski definition) is 4. The number of thiazole rings is 1. The van der Waals surface area contributed by atoms with Gasteiger partial charge < -0.3 is 10.1 Å². The molecule has 0 bridgehead atoms. The summed E-state index contributed by atoms with van der Waals surface area (Å²) in [4.78, 5) is 4.10. The van der Waals surface area contributed by atoms with Gasteiger partial charge in [-0.05, 0) is 25.8 Å². The van der Waals surface area contributed by atoms with Crippen LogP contribution in [0.5, 0.6) is 0 Å². The van der Waals surface area contributed by atoms with Crippen molar-refractivity contribution in [3.05, 3.63) is 16.1 Å². The number of halogens is 3. The van der Waals surface area contributed by atoms with Crippen LogP contribution < -0.4 is 5.32 Å². The van der Waals surface area contributed by atoms with E-state index in [0.717, 1.165) is 25.8 Å². The van der Waals surface area contributed by atoms with E-state index in [1.165, 1.54) is 6.20 Å². The fourth-order valence-corrected chi connectivity index (χ4v) is 2.57. The third-order valence-corrected chi connectivity index (χ3v) is 3.75. The van der Waals surface area contributed by atoms with Gasteiger partial charge in [0.2, 0.25) is 0 Å². The molecule has 1 atom stereocenters. The van der Waals surface area contributed by atoms with Crippen molar-refractivity contribution in [1.29, 1.82) is 0 Å². The molecule has 0 saturated carbocycles. The van der Waals surface area contributed by atoms with Crippen LogP contribution >= 0.6 is 11.3 Å². The highest BCUT2D eigenvalue weighted by Crippen LogP contribution is 2.35. The topological polar surface area (TPSA) is 34.1 Å². The first-order valence-electron chi connectivity index (χ1n) is 6.24. The maximum atomic E-state index is 12.5. The van der Waals surface area contributed by atoms with Gasteiger partial charge in [0.05, 0.1) is 0 Å². The molecule has 1 rings (SSSR count). The van der Waals surface area contributed by atoms with Crippen LogP contribution in [0.3, 0.4) is 0 Å². The molecular formula is C12H19F3N2OS. The molecule has 1 aromatic heterocycles. The Kier molecular flexibility index (Phi) is 6.74. The van der Waals surface area contributed by atoms with Gasteiger partial charge >= 0.3 is 6.18 Å². The molecule has 1 unspecified atom stereocenters. The lowest BCUT2D eigenvalue weighted by Crippen LogP contribution is -2.21. The summed E-state index contributed by atoms with van der Waals surface area (Å²) in [5, 5.41) is 2.48. The average Bonchev–Trinajstić information content (AvgIpc) is 2.83. The zero-order chi connectivity index (χ0) is 14.3. The van der Waals surface area contributed by atoms with Gasteiger partial charge in [0.1, 0.15) is 0 Å². The molecule has 0 radical (unpaired) electrons. The Morgan fingerprint density at radius 2 is 2.21 bits per heavy atom. The summed E-state index contributed by atoms with van der Waals surface area (Å²) < 4.78 is 42.6. The number of ether oxygens (including phenoxy) is 1. The fourth-order valence-electron chi connectivity index (χ4n) is 1.67. The Balaban J connectivity index is 2.70. The molecule has 0 amide bonds. The minimum atomic E-state index is -4.36. The number of nitrogens with zero attached hydrogens (tertiary/aromatic N) is 1. The van der Waals surface area contributed by atoms with Crippen LogP contribution in [0, 0.1) is 0 Å². The van der Waals surface area contributed by atoms with E-state index in [2.05, 4.69) is 10.3 Å². The molecular weight excluding hydrogens is 277 g/mol. The molecule has 1 N–H and O–H groups in total. The Morgan fingerprint density at radius 1 is 1.47 bits per heavy atom. The number of hydrogen-bond donors (Lipinski definition) is 1. The van der Waals surface area contributed by atoms with Gasteiger partial charge in [0, 0.05) is 30.8 Å². The fraction of sp³-hybridized carbons (Fsp3) is 0.750. The summed E-state index contributed by atoms with van der Waals surface area (Å²) in [7, 11) is 1.61. The van der Waals surface area contributed by atoms with Crippen molar-refractivity contribution in [3.63, 3.8) is 0 Å². The van der Waals surface area contributed by atoms with E-state index in [4.69, 9.17) is 4.74 Å². The standard InChI is InChI=1S/C12H19F3N2OS/c1-3-6-16-9(5-4-7-18-2)10-8-17-11(19-10)12(13,14)15/h8-9,16H,3-7H2,1-2H3. The van der Waals surface area contributed by atoms with E-state index in [-0.39, 0.29) is 6.04 Å². The van der Waals surface area contributed by atoms with Gasteiger partial charge in [-0.2, -0.15) is 13.2 Å². The Bertz CT molecular complexity index is 368. The van der Waals surface area contributed by atoms with E-state index >= 15 is 0 Å². The normalized spacial score (nSPS) is 13.7. The maximum absolute atomic E-state index is 12.5. The molecule has 7 heteroatoms. The highest BCUT2D eigenvalue weighted by molar-refractivity contribution is 7.11. The van der Waals surface area contributed by atoms with Crippen molar-refractivity contribution in [2.75, 3.05) is 20.3 Å². The van der Waals surface area contributed by atoms with E-state index in [9.17, 15) is 13.2 Å². The van der Waals surface area contributed by atoms with Crippen LogP contribution in [0.1, 0.15) is 42.1 Å². The van der Waals surface area contributed by atoms with Gasteiger partial charge in [0.25, 0.3) is 0 Å². The molecule has 0 fully saturated rings. The van der Waals surface area contributed by atoms with E-state index < -0.39 is 11.2 Å². The highest BCUT2D eigenvalue weighted by Gasteiger charge is 2.35. The minimum absolute atomic E-state index is 0.0799. The van der Waals surface area contributed by atoms with E-state index in [1.54, 1.807) is 7.11 Å². The zero-order valence-corrected chi connectivity index (χ0v) is 11.9. The summed E-state index contributed by atoms with van der Waals surface area (Å²) in [6, 6.07) is -0.0799. The molecule has 0 aliphatic heterocycles. The van der Waals surface area contributed by atoms with Gasteiger partial charge in [0.15, 0.2) is 5.01 Å². The molecule has 1 aromatic rings. The Hall–Kier alpha value is -0.660. The first-order chi connectivity index (χ1) is 8.99. The molecule has 0 saturated heterocycles. The summed E-state index contributed by atoms with van der Waals surface area (Å²) in [6.07, 6.45) is -0.547. The second kappa shape index (κ2) is 7.81. The van der Waals surface area contributed by atoms with Gasteiger partial charge in [-0.25, -0.2) is 4.98 Å². The smallest absolute Gasteiger partial charge is 0.385 e. The molecule has 0 aliphatic rings. The molecule has 3 nitrogen and oxygen atoms in total. The average molecular weight is 296 g/mol. The number of rotatable bonds is 8. The SMILES string of the molecule is CCCNC(CCCOC)c1cnc(C(F)(F)F)s1. The zero-order valence-electron chi connectivity index (χ0n) is 11.1. The molecule has 0 aliphatic carbocycles. The van der Waals surface area contributed by atoms with Crippen molar-refractivity contribution in [1.82, 2.24) is 10.3 Å². The predicted octanol–water partition coefficient (Wildman–Crippen LogP) is 3.63. The van der Waals surface area contributed by atoms with E-state index in [0.29, 0.717) is 22.8 Å². The molecule has 0 spiro atoms. The molecule has 0 aromatic carbocycles. The van der Waals surface area contributed by atoms with Crippen LogP contribution in [-0.4, -0.2) is 25.2 Å². The first kappa shape index (κ1) is 16.4. The molecule has 19 heavy (non-hydrogen) atoms. The number of alkyl halides is 3. The van der Waals surface area contributed by atoms with Crippen LogP contribution in [0.2, 0.25) is 0 Å². The quantitative estimate of drug-likeness (QED) is 0.744. The predicted molar refractivity (Wildman–Crippen MR) is 69.3 cm³/mol. The Morgan fingerprint density at radius 3 is 2.74 bits per heavy atom. The largest absolute Gasteiger partial charge is 0.443 e. The summed E-state index contributed by atoms with van der Waals surface area (Å²) >= 11 is 0.717. The van der Waals surface area contributed by atoms with Crippen molar-refractivity contribution in [2.45, 2.75) is 38.4 Å².